The third-order valence-corrected chi connectivity index (χ3v) is 7.24. The molecule has 1 saturated heterocycles. The molecule has 0 aromatic carbocycles. The third kappa shape index (κ3) is 6.34. The minimum Gasteiger partial charge on any atom is -0.459 e. The summed E-state index contributed by atoms with van der Waals surface area (Å²) in [5, 5.41) is 3.22. The van der Waals surface area contributed by atoms with Crippen molar-refractivity contribution in [1.82, 2.24) is 4.90 Å². The van der Waals surface area contributed by atoms with Crippen molar-refractivity contribution in [2.75, 3.05) is 25.0 Å². The van der Waals surface area contributed by atoms with Gasteiger partial charge in [0.1, 0.15) is 5.00 Å². The molecule has 1 aliphatic heterocycles. The zero-order valence-corrected chi connectivity index (χ0v) is 20.7. The predicted molar refractivity (Wildman–Crippen MR) is 125 cm³/mol. The molecule has 8 nitrogen and oxygen atoms in total. The van der Waals surface area contributed by atoms with Gasteiger partial charge in [-0.15, -0.1) is 11.3 Å². The Balaban J connectivity index is 1.63. The van der Waals surface area contributed by atoms with Gasteiger partial charge in [0, 0.05) is 24.4 Å². The van der Waals surface area contributed by atoms with Gasteiger partial charge >= 0.3 is 11.9 Å². The Morgan fingerprint density at radius 2 is 1.97 bits per heavy atom. The summed E-state index contributed by atoms with van der Waals surface area (Å²) in [5.41, 5.74) is 1.38. The molecule has 1 fully saturated rings. The molecule has 0 spiro atoms. The summed E-state index contributed by atoms with van der Waals surface area (Å²) in [6.07, 6.45) is 4.11. The van der Waals surface area contributed by atoms with Gasteiger partial charge in [0.15, 0.2) is 6.61 Å². The first-order chi connectivity index (χ1) is 15.7. The van der Waals surface area contributed by atoms with E-state index < -0.39 is 30.4 Å². The number of fused-ring (bicyclic) bond motifs is 1. The zero-order chi connectivity index (χ0) is 24.1. The monoisotopic (exact) mass is 478 g/mol. The molecule has 2 aliphatic rings. The molecule has 1 aliphatic carbocycles. The van der Waals surface area contributed by atoms with E-state index in [1.807, 2.05) is 0 Å². The van der Waals surface area contributed by atoms with Crippen LogP contribution < -0.4 is 5.32 Å². The molecule has 182 valence electrons. The largest absolute Gasteiger partial charge is 0.459 e. The van der Waals surface area contributed by atoms with Gasteiger partial charge in [0.05, 0.1) is 17.6 Å². The smallest absolute Gasteiger partial charge is 0.341 e. The third-order valence-electron chi connectivity index (χ3n) is 6.07. The van der Waals surface area contributed by atoms with Crippen LogP contribution in [0.15, 0.2) is 0 Å². The van der Waals surface area contributed by atoms with Crippen molar-refractivity contribution in [3.8, 4) is 0 Å². The lowest BCUT2D eigenvalue weighted by atomic mass is 9.88. The van der Waals surface area contributed by atoms with Crippen LogP contribution in [0.5, 0.6) is 0 Å². The van der Waals surface area contributed by atoms with Crippen LogP contribution in [0.4, 0.5) is 5.00 Å². The average molecular weight is 479 g/mol. The molecule has 1 aromatic rings. The molecule has 2 atom stereocenters. The average Bonchev–Trinajstić information content (AvgIpc) is 3.13. The summed E-state index contributed by atoms with van der Waals surface area (Å²) in [4.78, 5) is 52.6. The molecule has 2 amide bonds. The van der Waals surface area contributed by atoms with Gasteiger partial charge in [0.2, 0.25) is 5.91 Å². The zero-order valence-electron chi connectivity index (χ0n) is 19.9. The van der Waals surface area contributed by atoms with Crippen LogP contribution in [0, 0.1) is 11.8 Å². The number of nitrogens with zero attached hydrogens (tertiary/aromatic N) is 1. The highest BCUT2D eigenvalue weighted by molar-refractivity contribution is 7.17. The number of hydrogen-bond acceptors (Lipinski definition) is 7. The SMILES string of the molecule is CCC(=O)N1CCCC(C(=O)OCC(=O)Nc2sc3c(c2C(=O)OC(C)C)CCC(C)C3)C1. The quantitative estimate of drug-likeness (QED) is 0.601. The van der Waals surface area contributed by atoms with E-state index in [1.165, 1.54) is 11.3 Å². The van der Waals surface area contributed by atoms with E-state index >= 15 is 0 Å². The molecule has 9 heteroatoms. The van der Waals surface area contributed by atoms with Gasteiger partial charge < -0.3 is 19.7 Å². The number of amides is 2. The minimum atomic E-state index is -0.495. The van der Waals surface area contributed by atoms with Crippen LogP contribution in [0.1, 0.15) is 74.2 Å². The second-order valence-corrected chi connectivity index (χ2v) is 10.3. The number of ether oxygens (including phenoxy) is 2. The number of carbonyl (C=O) groups excluding carboxylic acids is 4. The molecular weight excluding hydrogens is 444 g/mol. The fourth-order valence-electron chi connectivity index (χ4n) is 4.36. The summed E-state index contributed by atoms with van der Waals surface area (Å²) in [6, 6.07) is 0. The Morgan fingerprint density at radius 1 is 1.21 bits per heavy atom. The summed E-state index contributed by atoms with van der Waals surface area (Å²) in [7, 11) is 0. The maximum atomic E-state index is 12.8. The predicted octanol–water partition coefficient (Wildman–Crippen LogP) is 3.57. The number of rotatable bonds is 7. The van der Waals surface area contributed by atoms with Crippen molar-refractivity contribution in [3.05, 3.63) is 16.0 Å². The number of carbonyl (C=O) groups is 4. The lowest BCUT2D eigenvalue weighted by Crippen LogP contribution is -2.42. The van der Waals surface area contributed by atoms with Gasteiger partial charge in [-0.2, -0.15) is 0 Å². The lowest BCUT2D eigenvalue weighted by molar-refractivity contribution is -0.154. The van der Waals surface area contributed by atoms with E-state index in [2.05, 4.69) is 12.2 Å². The minimum absolute atomic E-state index is 0.0158. The van der Waals surface area contributed by atoms with Crippen LogP contribution in [0.25, 0.3) is 0 Å². The van der Waals surface area contributed by atoms with E-state index in [-0.39, 0.29) is 12.0 Å². The van der Waals surface area contributed by atoms with Crippen molar-refractivity contribution in [3.63, 3.8) is 0 Å². The Morgan fingerprint density at radius 3 is 2.67 bits per heavy atom. The molecule has 1 N–H and O–H groups in total. The maximum absolute atomic E-state index is 12.8. The van der Waals surface area contributed by atoms with E-state index in [0.717, 1.165) is 36.1 Å². The molecule has 0 saturated carbocycles. The number of piperidine rings is 1. The van der Waals surface area contributed by atoms with Gasteiger partial charge in [0.25, 0.3) is 5.91 Å². The second-order valence-electron chi connectivity index (χ2n) is 9.20. The fraction of sp³-hybridized carbons (Fsp3) is 0.667. The first kappa shape index (κ1) is 25.2. The normalized spacial score (nSPS) is 20.2. The first-order valence-corrected chi connectivity index (χ1v) is 12.6. The molecule has 2 heterocycles. The standard InChI is InChI=1S/C24H34N2O6S/c1-5-20(28)26-10-6-7-16(12-26)23(29)31-13-19(27)25-22-21(24(30)32-14(2)3)17-9-8-15(4)11-18(17)33-22/h14-16H,5-13H2,1-4H3,(H,25,27). The summed E-state index contributed by atoms with van der Waals surface area (Å²) < 4.78 is 10.7. The molecule has 33 heavy (non-hydrogen) atoms. The fourth-order valence-corrected chi connectivity index (χ4v) is 5.78. The number of nitrogens with one attached hydrogen (secondary N) is 1. The molecule has 0 bridgehead atoms. The second kappa shape index (κ2) is 11.1. The van der Waals surface area contributed by atoms with Crippen LogP contribution >= 0.6 is 11.3 Å². The molecule has 3 rings (SSSR count). The van der Waals surface area contributed by atoms with Crippen LogP contribution in [-0.4, -0.2) is 54.5 Å². The van der Waals surface area contributed by atoms with Crippen LogP contribution in [0.3, 0.4) is 0 Å². The van der Waals surface area contributed by atoms with Gasteiger partial charge in [-0.1, -0.05) is 13.8 Å². The summed E-state index contributed by atoms with van der Waals surface area (Å²) >= 11 is 1.40. The highest BCUT2D eigenvalue weighted by Crippen LogP contribution is 2.40. The Kier molecular flexibility index (Phi) is 8.51. The Labute approximate surface area is 199 Å². The highest BCUT2D eigenvalue weighted by Gasteiger charge is 2.31. The number of anilines is 1. The molecule has 0 radical (unpaired) electrons. The first-order valence-electron chi connectivity index (χ1n) is 11.8. The number of hydrogen-bond donors (Lipinski definition) is 1. The van der Waals surface area contributed by atoms with Gasteiger partial charge in [-0.25, -0.2) is 4.79 Å². The van der Waals surface area contributed by atoms with Crippen LogP contribution in [0.2, 0.25) is 0 Å². The van der Waals surface area contributed by atoms with Gasteiger partial charge in [-0.3, -0.25) is 14.4 Å². The van der Waals surface area contributed by atoms with Crippen molar-refractivity contribution in [2.24, 2.45) is 11.8 Å². The Hall–Kier alpha value is -2.42. The van der Waals surface area contributed by atoms with Crippen molar-refractivity contribution >= 4 is 40.1 Å². The number of likely N-dealkylation sites (tertiary alicyclic amines) is 1. The topological polar surface area (TPSA) is 102 Å². The summed E-state index contributed by atoms with van der Waals surface area (Å²) in [6.45, 7) is 8.08. The molecule has 2 unspecified atom stereocenters. The Bertz CT molecular complexity index is 909. The van der Waals surface area contributed by atoms with Crippen LogP contribution in [-0.2, 0) is 36.7 Å². The number of esters is 2. The van der Waals surface area contributed by atoms with Gasteiger partial charge in [-0.05, 0) is 57.4 Å². The van der Waals surface area contributed by atoms with Crippen molar-refractivity contribution in [2.45, 2.75) is 72.3 Å². The highest BCUT2D eigenvalue weighted by atomic mass is 32.1. The molecule has 1 aromatic heterocycles. The van der Waals surface area contributed by atoms with E-state index in [9.17, 15) is 19.2 Å². The van der Waals surface area contributed by atoms with E-state index in [1.54, 1.807) is 25.7 Å². The van der Waals surface area contributed by atoms with Crippen molar-refractivity contribution in [1.29, 1.82) is 0 Å². The lowest BCUT2D eigenvalue weighted by Gasteiger charge is -2.31. The van der Waals surface area contributed by atoms with Crippen molar-refractivity contribution < 1.29 is 28.7 Å². The molecular formula is C24H34N2O6S. The number of thiophene rings is 1. The maximum Gasteiger partial charge on any atom is 0.341 e. The van der Waals surface area contributed by atoms with E-state index in [4.69, 9.17) is 9.47 Å². The summed E-state index contributed by atoms with van der Waals surface area (Å²) in [5.74, 6) is -1.30. The van der Waals surface area contributed by atoms with E-state index in [0.29, 0.717) is 42.4 Å².